The molecule has 8 heteroatoms. The summed E-state index contributed by atoms with van der Waals surface area (Å²) in [5.41, 5.74) is 6.62. The lowest BCUT2D eigenvalue weighted by atomic mass is 10.3. The smallest absolute Gasteiger partial charge is 0.260 e. The fourth-order valence-corrected chi connectivity index (χ4v) is 2.88. The molecule has 0 fully saturated rings. The van der Waals surface area contributed by atoms with Crippen molar-refractivity contribution in [3.8, 4) is 0 Å². The van der Waals surface area contributed by atoms with Gasteiger partial charge in [-0.25, -0.2) is 8.42 Å². The average Bonchev–Trinajstić information content (AvgIpc) is 2.88. The van der Waals surface area contributed by atoms with E-state index < -0.39 is 10.0 Å². The molecular weight excluding hydrogens is 266 g/mol. The van der Waals surface area contributed by atoms with Crippen LogP contribution in [0.3, 0.4) is 0 Å². The van der Waals surface area contributed by atoms with E-state index in [9.17, 15) is 8.42 Å². The van der Waals surface area contributed by atoms with Crippen molar-refractivity contribution in [1.82, 2.24) is 19.5 Å². The fourth-order valence-electron chi connectivity index (χ4n) is 1.63. The Morgan fingerprint density at radius 2 is 2.21 bits per heavy atom. The van der Waals surface area contributed by atoms with Crippen molar-refractivity contribution in [1.29, 1.82) is 0 Å². The fraction of sp³-hybridized carbons (Fsp3) is 0.273. The van der Waals surface area contributed by atoms with E-state index in [0.717, 1.165) is 0 Å². The average molecular weight is 281 g/mol. The summed E-state index contributed by atoms with van der Waals surface area (Å²) >= 11 is 0. The lowest BCUT2D eigenvalue weighted by molar-refractivity contribution is 0.458. The van der Waals surface area contributed by atoms with Gasteiger partial charge in [-0.3, -0.25) is 10.1 Å². The molecule has 0 radical (unpaired) electrons. The van der Waals surface area contributed by atoms with Crippen molar-refractivity contribution >= 4 is 10.0 Å². The molecule has 0 aliphatic heterocycles. The summed E-state index contributed by atoms with van der Waals surface area (Å²) in [4.78, 5) is 4.10. The molecule has 0 amide bonds. The predicted octanol–water partition coefficient (Wildman–Crippen LogP) is 0.0841. The Kier molecular flexibility index (Phi) is 3.93. The van der Waals surface area contributed by atoms with Gasteiger partial charge in [0.2, 0.25) is 0 Å². The molecule has 0 atom stereocenters. The Labute approximate surface area is 111 Å². The third-order valence-corrected chi connectivity index (χ3v) is 4.50. The first kappa shape index (κ1) is 13.7. The highest BCUT2D eigenvalue weighted by molar-refractivity contribution is 7.89. The minimum absolute atomic E-state index is 0.0356. The second-order valence-electron chi connectivity index (χ2n) is 4.01. The van der Waals surface area contributed by atoms with Crippen LogP contribution in [-0.2, 0) is 23.1 Å². The lowest BCUT2D eigenvalue weighted by Crippen LogP contribution is -2.28. The van der Waals surface area contributed by atoms with Gasteiger partial charge in [-0.2, -0.15) is 9.40 Å². The summed E-state index contributed by atoms with van der Waals surface area (Å²) in [5, 5.41) is 6.24. The zero-order valence-electron chi connectivity index (χ0n) is 10.4. The van der Waals surface area contributed by atoms with Crippen LogP contribution >= 0.6 is 0 Å². The van der Waals surface area contributed by atoms with Crippen LogP contribution in [0.2, 0.25) is 0 Å². The summed E-state index contributed by atoms with van der Waals surface area (Å²) in [7, 11) is -2.15. The van der Waals surface area contributed by atoms with E-state index in [1.54, 1.807) is 18.3 Å². The Morgan fingerprint density at radius 1 is 1.42 bits per heavy atom. The van der Waals surface area contributed by atoms with Gasteiger partial charge in [0.05, 0.1) is 18.4 Å². The molecule has 2 aromatic heterocycles. The van der Waals surface area contributed by atoms with Gasteiger partial charge in [-0.1, -0.05) is 6.07 Å². The minimum atomic E-state index is -3.64. The van der Waals surface area contributed by atoms with E-state index in [1.165, 1.54) is 17.5 Å². The first-order valence-electron chi connectivity index (χ1n) is 5.64. The summed E-state index contributed by atoms with van der Waals surface area (Å²) in [6.07, 6.45) is 3.04. The number of H-pyrrole nitrogens is 1. The van der Waals surface area contributed by atoms with Gasteiger partial charge in [-0.05, 0) is 12.1 Å². The van der Waals surface area contributed by atoms with Crippen molar-refractivity contribution in [2.24, 2.45) is 5.73 Å². The van der Waals surface area contributed by atoms with Gasteiger partial charge in [0.15, 0.2) is 5.03 Å². The van der Waals surface area contributed by atoms with E-state index in [-0.39, 0.29) is 18.1 Å². The largest absolute Gasteiger partial charge is 0.326 e. The molecule has 19 heavy (non-hydrogen) atoms. The first-order valence-corrected chi connectivity index (χ1v) is 7.08. The van der Waals surface area contributed by atoms with E-state index in [0.29, 0.717) is 11.3 Å². The van der Waals surface area contributed by atoms with Crippen molar-refractivity contribution in [2.75, 3.05) is 7.05 Å². The second kappa shape index (κ2) is 5.47. The number of nitrogens with one attached hydrogen (secondary N) is 1. The zero-order valence-corrected chi connectivity index (χ0v) is 11.3. The molecule has 0 spiro atoms. The molecular formula is C11H15N5O2S. The summed E-state index contributed by atoms with van der Waals surface area (Å²) in [6, 6.07) is 5.35. The molecule has 0 bridgehead atoms. The second-order valence-corrected chi connectivity index (χ2v) is 5.99. The van der Waals surface area contributed by atoms with Crippen molar-refractivity contribution < 1.29 is 8.42 Å². The van der Waals surface area contributed by atoms with Crippen LogP contribution in [0.4, 0.5) is 0 Å². The van der Waals surface area contributed by atoms with E-state index in [4.69, 9.17) is 5.73 Å². The maximum Gasteiger partial charge on any atom is 0.260 e. The van der Waals surface area contributed by atoms with Crippen LogP contribution in [0, 0.1) is 0 Å². The van der Waals surface area contributed by atoms with Crippen LogP contribution in [0.5, 0.6) is 0 Å². The Balaban J connectivity index is 2.25. The number of aromatic amines is 1. The maximum absolute atomic E-state index is 12.3. The Morgan fingerprint density at radius 3 is 2.84 bits per heavy atom. The highest BCUT2D eigenvalue weighted by Crippen LogP contribution is 2.17. The topological polar surface area (TPSA) is 105 Å². The molecule has 0 aromatic carbocycles. The molecule has 7 nitrogen and oxygen atoms in total. The molecule has 0 aliphatic rings. The first-order chi connectivity index (χ1) is 9.05. The normalized spacial score (nSPS) is 11.9. The Hall–Kier alpha value is -1.77. The van der Waals surface area contributed by atoms with Gasteiger partial charge in [0, 0.05) is 25.4 Å². The highest BCUT2D eigenvalue weighted by atomic mass is 32.2. The number of nitrogens with two attached hydrogens (primary N) is 1. The van der Waals surface area contributed by atoms with Crippen LogP contribution < -0.4 is 5.73 Å². The van der Waals surface area contributed by atoms with Gasteiger partial charge in [-0.15, -0.1) is 0 Å². The molecule has 0 saturated carbocycles. The van der Waals surface area contributed by atoms with Crippen molar-refractivity contribution in [3.05, 3.63) is 41.9 Å². The van der Waals surface area contributed by atoms with Crippen LogP contribution in [0.15, 0.2) is 35.6 Å². The molecule has 0 aliphatic carbocycles. The number of rotatable bonds is 5. The van der Waals surface area contributed by atoms with Gasteiger partial charge < -0.3 is 5.73 Å². The number of sulfonamides is 1. The van der Waals surface area contributed by atoms with Crippen molar-refractivity contribution in [2.45, 2.75) is 18.1 Å². The van der Waals surface area contributed by atoms with Crippen molar-refractivity contribution in [3.63, 3.8) is 0 Å². The molecule has 102 valence electrons. The minimum Gasteiger partial charge on any atom is -0.326 e. The third kappa shape index (κ3) is 2.80. The number of pyridine rings is 1. The van der Waals surface area contributed by atoms with Gasteiger partial charge in [0.25, 0.3) is 10.0 Å². The summed E-state index contributed by atoms with van der Waals surface area (Å²) in [5.74, 6) is 0. The van der Waals surface area contributed by atoms with Crippen LogP contribution in [0.1, 0.15) is 11.3 Å². The van der Waals surface area contributed by atoms with Gasteiger partial charge in [0.1, 0.15) is 0 Å². The SMILES string of the molecule is CN(Cc1ccccn1)S(=O)(=O)c1[nH]ncc1CN. The number of hydrogen-bond donors (Lipinski definition) is 2. The molecule has 2 heterocycles. The maximum atomic E-state index is 12.3. The number of nitrogens with zero attached hydrogens (tertiary/aromatic N) is 3. The van der Waals surface area contributed by atoms with E-state index >= 15 is 0 Å². The quantitative estimate of drug-likeness (QED) is 0.807. The zero-order chi connectivity index (χ0) is 13.9. The number of hydrogen-bond acceptors (Lipinski definition) is 5. The van der Waals surface area contributed by atoms with E-state index in [2.05, 4.69) is 15.2 Å². The van der Waals surface area contributed by atoms with E-state index in [1.807, 2.05) is 6.07 Å². The number of aromatic nitrogens is 3. The molecule has 0 saturated heterocycles. The summed E-state index contributed by atoms with van der Waals surface area (Å²) in [6.45, 7) is 0.300. The monoisotopic (exact) mass is 281 g/mol. The summed E-state index contributed by atoms with van der Waals surface area (Å²) < 4.78 is 25.9. The predicted molar refractivity (Wildman–Crippen MR) is 69.4 cm³/mol. The standard InChI is InChI=1S/C11H15N5O2S/c1-16(8-10-4-2-3-5-13-10)19(17,18)11-9(6-12)7-14-15-11/h2-5,7H,6,8,12H2,1H3,(H,14,15). The van der Waals surface area contributed by atoms with Crippen LogP contribution in [-0.4, -0.2) is 35.0 Å². The lowest BCUT2D eigenvalue weighted by Gasteiger charge is -2.16. The Bertz CT molecular complexity index is 638. The third-order valence-electron chi connectivity index (χ3n) is 2.68. The molecule has 2 aromatic rings. The molecule has 0 unspecified atom stereocenters. The van der Waals surface area contributed by atoms with Crippen LogP contribution in [0.25, 0.3) is 0 Å². The molecule has 2 rings (SSSR count). The van der Waals surface area contributed by atoms with Gasteiger partial charge >= 0.3 is 0 Å². The molecule has 3 N–H and O–H groups in total. The highest BCUT2D eigenvalue weighted by Gasteiger charge is 2.25.